The molecule has 7 nitrogen and oxygen atoms in total. The number of benzene rings is 2. The van der Waals surface area contributed by atoms with E-state index in [-0.39, 0.29) is 12.5 Å². The number of nitrogens with zero attached hydrogens (tertiary/aromatic N) is 1. The van der Waals surface area contributed by atoms with E-state index in [2.05, 4.69) is 15.8 Å². The first-order valence-electron chi connectivity index (χ1n) is 7.51. The first kappa shape index (κ1) is 18.0. The van der Waals surface area contributed by atoms with Gasteiger partial charge in [0.1, 0.15) is 11.5 Å². The van der Waals surface area contributed by atoms with Crippen molar-refractivity contribution in [2.45, 2.75) is 0 Å². The van der Waals surface area contributed by atoms with Gasteiger partial charge in [-0.3, -0.25) is 9.59 Å². The van der Waals surface area contributed by atoms with Gasteiger partial charge in [0, 0.05) is 11.1 Å². The van der Waals surface area contributed by atoms with E-state index in [9.17, 15) is 9.59 Å². The molecule has 0 saturated heterocycles. The summed E-state index contributed by atoms with van der Waals surface area (Å²) in [6.07, 6.45) is 1.44. The van der Waals surface area contributed by atoms with Crippen LogP contribution in [-0.2, 0) is 4.79 Å². The van der Waals surface area contributed by atoms with Crippen LogP contribution in [0.3, 0.4) is 0 Å². The van der Waals surface area contributed by atoms with Crippen LogP contribution < -0.4 is 20.2 Å². The molecule has 0 heterocycles. The Morgan fingerprint density at radius 2 is 1.84 bits per heavy atom. The highest BCUT2D eigenvalue weighted by Crippen LogP contribution is 2.22. The third kappa shape index (κ3) is 5.35. The van der Waals surface area contributed by atoms with Crippen LogP contribution in [0.2, 0.25) is 0 Å². The summed E-state index contributed by atoms with van der Waals surface area (Å²) in [4.78, 5) is 23.6. The smallest absolute Gasteiger partial charge is 0.259 e. The van der Waals surface area contributed by atoms with E-state index >= 15 is 0 Å². The molecule has 2 aromatic rings. The van der Waals surface area contributed by atoms with E-state index in [1.165, 1.54) is 13.3 Å². The predicted octanol–water partition coefficient (Wildman–Crippen LogP) is 1.58. The Balaban J connectivity index is 1.87. The highest BCUT2D eigenvalue weighted by Gasteiger charge is 2.07. The molecule has 2 N–H and O–H groups in total. The van der Waals surface area contributed by atoms with Crippen LogP contribution in [0.25, 0.3) is 0 Å². The van der Waals surface area contributed by atoms with Crippen LogP contribution in [0.1, 0.15) is 15.9 Å². The standard InChI is InChI=1S/C18H19N3O4/c1-24-15-8-9-16(25-2)14(10-15)11-20-21-17(22)12-19-18(23)13-6-4-3-5-7-13/h3-11H,12H2,1-2H3,(H,19,23)(H,21,22). The molecule has 7 heteroatoms. The van der Waals surface area contributed by atoms with Gasteiger partial charge >= 0.3 is 0 Å². The lowest BCUT2D eigenvalue weighted by Crippen LogP contribution is -2.34. The van der Waals surface area contributed by atoms with Gasteiger partial charge in [-0.05, 0) is 30.3 Å². The summed E-state index contributed by atoms with van der Waals surface area (Å²) in [5.74, 6) is 0.469. The summed E-state index contributed by atoms with van der Waals surface area (Å²) in [7, 11) is 3.09. The van der Waals surface area contributed by atoms with Crippen molar-refractivity contribution in [2.75, 3.05) is 20.8 Å². The van der Waals surface area contributed by atoms with E-state index < -0.39 is 5.91 Å². The average molecular weight is 341 g/mol. The average Bonchev–Trinajstić information content (AvgIpc) is 2.66. The second-order valence-corrected chi connectivity index (χ2v) is 4.95. The van der Waals surface area contributed by atoms with Crippen molar-refractivity contribution >= 4 is 18.0 Å². The van der Waals surface area contributed by atoms with Gasteiger partial charge in [0.25, 0.3) is 11.8 Å². The van der Waals surface area contributed by atoms with Crippen LogP contribution >= 0.6 is 0 Å². The highest BCUT2D eigenvalue weighted by atomic mass is 16.5. The van der Waals surface area contributed by atoms with Gasteiger partial charge in [0.15, 0.2) is 0 Å². The number of carbonyl (C=O) groups excluding carboxylic acids is 2. The zero-order valence-corrected chi connectivity index (χ0v) is 14.0. The molecule has 2 aromatic carbocycles. The minimum atomic E-state index is -0.442. The van der Waals surface area contributed by atoms with Gasteiger partial charge in [-0.25, -0.2) is 5.43 Å². The van der Waals surface area contributed by atoms with E-state index in [4.69, 9.17) is 9.47 Å². The van der Waals surface area contributed by atoms with E-state index in [0.29, 0.717) is 22.6 Å². The van der Waals surface area contributed by atoms with Crippen molar-refractivity contribution in [1.29, 1.82) is 0 Å². The molecule has 0 bridgehead atoms. The SMILES string of the molecule is COc1ccc(OC)c(C=NNC(=O)CNC(=O)c2ccccc2)c1. The van der Waals surface area contributed by atoms with Crippen LogP contribution in [-0.4, -0.2) is 38.8 Å². The molecule has 0 aliphatic rings. The molecular formula is C18H19N3O4. The summed E-state index contributed by atoms with van der Waals surface area (Å²) in [6, 6.07) is 13.9. The number of ether oxygens (including phenoxy) is 2. The Labute approximate surface area is 145 Å². The Morgan fingerprint density at radius 1 is 1.08 bits per heavy atom. The minimum absolute atomic E-state index is 0.180. The van der Waals surface area contributed by atoms with Gasteiger partial charge in [0.2, 0.25) is 0 Å². The zero-order chi connectivity index (χ0) is 18.1. The number of hydrazone groups is 1. The van der Waals surface area contributed by atoms with Crippen molar-refractivity contribution in [2.24, 2.45) is 5.10 Å². The molecule has 0 spiro atoms. The molecule has 0 aromatic heterocycles. The third-order valence-electron chi connectivity index (χ3n) is 3.28. The third-order valence-corrected chi connectivity index (χ3v) is 3.28. The zero-order valence-electron chi connectivity index (χ0n) is 14.0. The van der Waals surface area contributed by atoms with Crippen molar-refractivity contribution in [1.82, 2.24) is 10.7 Å². The van der Waals surface area contributed by atoms with Crippen LogP contribution in [0, 0.1) is 0 Å². The number of hydrogen-bond acceptors (Lipinski definition) is 5. The Bertz CT molecular complexity index is 760. The van der Waals surface area contributed by atoms with Crippen LogP contribution in [0.4, 0.5) is 0 Å². The lowest BCUT2D eigenvalue weighted by atomic mass is 10.2. The second-order valence-electron chi connectivity index (χ2n) is 4.95. The second kappa shape index (κ2) is 9.07. The topological polar surface area (TPSA) is 89.0 Å². The molecule has 0 atom stereocenters. The summed E-state index contributed by atoms with van der Waals surface area (Å²) in [5.41, 5.74) is 3.48. The van der Waals surface area contributed by atoms with E-state index in [0.717, 1.165) is 0 Å². The maximum atomic E-state index is 11.8. The normalized spacial score (nSPS) is 10.3. The number of nitrogens with one attached hydrogen (secondary N) is 2. The fourth-order valence-electron chi connectivity index (χ4n) is 2.01. The van der Waals surface area contributed by atoms with Crippen molar-refractivity contribution in [3.63, 3.8) is 0 Å². The first-order chi connectivity index (χ1) is 12.1. The maximum Gasteiger partial charge on any atom is 0.259 e. The lowest BCUT2D eigenvalue weighted by molar-refractivity contribution is -0.120. The van der Waals surface area contributed by atoms with Gasteiger partial charge in [-0.1, -0.05) is 18.2 Å². The lowest BCUT2D eigenvalue weighted by Gasteiger charge is -2.07. The molecule has 0 saturated carbocycles. The van der Waals surface area contributed by atoms with Gasteiger partial charge in [-0.15, -0.1) is 0 Å². The van der Waals surface area contributed by atoms with Gasteiger partial charge < -0.3 is 14.8 Å². The monoisotopic (exact) mass is 341 g/mol. The molecular weight excluding hydrogens is 322 g/mol. The molecule has 0 radical (unpaired) electrons. The highest BCUT2D eigenvalue weighted by molar-refractivity contribution is 5.96. The minimum Gasteiger partial charge on any atom is -0.497 e. The number of amides is 2. The fourth-order valence-corrected chi connectivity index (χ4v) is 2.01. The molecule has 0 unspecified atom stereocenters. The number of methoxy groups -OCH3 is 2. The molecule has 0 aliphatic carbocycles. The molecule has 2 amide bonds. The summed E-state index contributed by atoms with van der Waals surface area (Å²) in [5, 5.41) is 6.38. The van der Waals surface area contributed by atoms with Crippen molar-refractivity contribution < 1.29 is 19.1 Å². The summed E-state index contributed by atoms with van der Waals surface area (Å²) < 4.78 is 10.4. The molecule has 0 aliphatic heterocycles. The van der Waals surface area contributed by atoms with Crippen LogP contribution in [0.5, 0.6) is 11.5 Å². The quantitative estimate of drug-likeness (QED) is 0.591. The maximum absolute atomic E-state index is 11.8. The van der Waals surface area contributed by atoms with Gasteiger partial charge in [0.05, 0.1) is 27.0 Å². The van der Waals surface area contributed by atoms with E-state index in [1.807, 2.05) is 6.07 Å². The summed E-state index contributed by atoms with van der Waals surface area (Å²) in [6.45, 7) is -0.180. The Morgan fingerprint density at radius 3 is 2.52 bits per heavy atom. The Hall–Kier alpha value is -3.35. The van der Waals surface area contributed by atoms with Crippen LogP contribution in [0.15, 0.2) is 53.6 Å². The number of rotatable bonds is 7. The fraction of sp³-hybridized carbons (Fsp3) is 0.167. The van der Waals surface area contributed by atoms with Crippen molar-refractivity contribution in [3.8, 4) is 11.5 Å². The Kier molecular flexibility index (Phi) is 6.53. The molecule has 2 rings (SSSR count). The van der Waals surface area contributed by atoms with Crippen molar-refractivity contribution in [3.05, 3.63) is 59.7 Å². The first-order valence-corrected chi connectivity index (χ1v) is 7.51. The molecule has 0 fully saturated rings. The van der Waals surface area contributed by atoms with E-state index in [1.54, 1.807) is 49.6 Å². The predicted molar refractivity (Wildman–Crippen MR) is 94.1 cm³/mol. The largest absolute Gasteiger partial charge is 0.497 e. The number of hydrogen-bond donors (Lipinski definition) is 2. The van der Waals surface area contributed by atoms with Gasteiger partial charge in [-0.2, -0.15) is 5.10 Å². The molecule has 25 heavy (non-hydrogen) atoms. The molecule has 130 valence electrons. The number of carbonyl (C=O) groups is 2. The summed E-state index contributed by atoms with van der Waals surface area (Å²) >= 11 is 0.